The summed E-state index contributed by atoms with van der Waals surface area (Å²) in [6, 6.07) is 17.3. The van der Waals surface area contributed by atoms with E-state index in [1.807, 2.05) is 59.5 Å². The van der Waals surface area contributed by atoms with Gasteiger partial charge in [-0.1, -0.05) is 18.2 Å². The van der Waals surface area contributed by atoms with Gasteiger partial charge in [-0.25, -0.2) is 0 Å². The molecule has 2 aromatic carbocycles. The zero-order chi connectivity index (χ0) is 23.2. The Balaban J connectivity index is 1.46. The molecule has 0 aliphatic carbocycles. The minimum atomic E-state index is -0.822. The number of rotatable bonds is 11. The first kappa shape index (κ1) is 22.6. The number of H-pyrrole nitrogens is 2. The van der Waals surface area contributed by atoms with Crippen molar-refractivity contribution in [2.75, 3.05) is 40.0 Å². The van der Waals surface area contributed by atoms with Gasteiger partial charge in [0.25, 0.3) is 5.56 Å². The largest absolute Gasteiger partial charge is 0.492 e. The van der Waals surface area contributed by atoms with Crippen LogP contribution in [0.15, 0.2) is 59.4 Å². The maximum atomic E-state index is 12.6. The summed E-state index contributed by atoms with van der Waals surface area (Å²) in [4.78, 5) is 31.7. The highest BCUT2D eigenvalue weighted by atomic mass is 16.5. The number of hydrogen-bond donors (Lipinski definition) is 3. The second kappa shape index (κ2) is 10.3. The molecule has 8 heteroatoms. The van der Waals surface area contributed by atoms with E-state index in [2.05, 4.69) is 9.97 Å². The van der Waals surface area contributed by atoms with E-state index in [4.69, 9.17) is 14.6 Å². The number of nitrogens with one attached hydrogen (secondary N) is 2. The number of benzene rings is 2. The maximum Gasteiger partial charge on any atom is 0.304 e. The predicted molar refractivity (Wildman–Crippen MR) is 128 cm³/mol. The molecule has 0 bridgehead atoms. The number of ether oxygens (including phenoxy) is 2. The number of carbonyl (C=O) groups is 1. The molecule has 0 spiro atoms. The van der Waals surface area contributed by atoms with Crippen LogP contribution < -0.4 is 10.3 Å². The lowest BCUT2D eigenvalue weighted by Crippen LogP contribution is -2.33. The van der Waals surface area contributed by atoms with Crippen molar-refractivity contribution in [3.8, 4) is 17.0 Å². The van der Waals surface area contributed by atoms with Crippen LogP contribution in [0, 0.1) is 0 Å². The van der Waals surface area contributed by atoms with E-state index >= 15 is 0 Å². The standard InChI is InChI=1S/C25H27N3O5/c1-32-12-10-28(9-8-24(29)30)11-13-33-19-6-7-22-18(14-19)16-23(26-22)20-15-17-4-2-3-5-21(17)27-25(20)31/h2-7,14-16,26H,8-13H2,1H3,(H,27,31)(H,29,30). The number of fused-ring (bicyclic) bond motifs is 2. The molecule has 0 radical (unpaired) electrons. The van der Waals surface area contributed by atoms with E-state index in [1.54, 1.807) is 7.11 Å². The van der Waals surface area contributed by atoms with Crippen LogP contribution in [-0.4, -0.2) is 65.9 Å². The summed E-state index contributed by atoms with van der Waals surface area (Å²) in [5.74, 6) is -0.109. The average Bonchev–Trinajstić information content (AvgIpc) is 3.23. The SMILES string of the molecule is COCCN(CCOc1ccc2[nH]c(-c3cc4ccccc4[nH]c3=O)cc2c1)CCC(=O)O. The summed E-state index contributed by atoms with van der Waals surface area (Å²) < 4.78 is 11.0. The molecule has 2 aromatic heterocycles. The molecule has 8 nitrogen and oxygen atoms in total. The first-order valence-electron chi connectivity index (χ1n) is 10.8. The first-order chi connectivity index (χ1) is 16.0. The summed E-state index contributed by atoms with van der Waals surface area (Å²) in [6.07, 6.45) is 0.0791. The van der Waals surface area contributed by atoms with Crippen LogP contribution in [0.5, 0.6) is 5.75 Å². The van der Waals surface area contributed by atoms with Crippen molar-refractivity contribution in [1.82, 2.24) is 14.9 Å². The third kappa shape index (κ3) is 5.60. The van der Waals surface area contributed by atoms with Gasteiger partial charge in [-0.2, -0.15) is 0 Å². The number of pyridine rings is 1. The molecule has 0 aliphatic rings. The minimum Gasteiger partial charge on any atom is -0.492 e. The van der Waals surface area contributed by atoms with Gasteiger partial charge >= 0.3 is 5.97 Å². The van der Waals surface area contributed by atoms with Gasteiger partial charge < -0.3 is 24.5 Å². The van der Waals surface area contributed by atoms with E-state index in [-0.39, 0.29) is 12.0 Å². The molecule has 3 N–H and O–H groups in total. The lowest BCUT2D eigenvalue weighted by Gasteiger charge is -2.21. The molecule has 172 valence electrons. The van der Waals surface area contributed by atoms with Crippen molar-refractivity contribution in [2.45, 2.75) is 6.42 Å². The normalized spacial score (nSPS) is 11.5. The summed E-state index contributed by atoms with van der Waals surface area (Å²) in [5, 5.41) is 10.8. The number of nitrogens with zero attached hydrogens (tertiary/aromatic N) is 1. The smallest absolute Gasteiger partial charge is 0.304 e. The fraction of sp³-hybridized carbons (Fsp3) is 0.280. The van der Waals surface area contributed by atoms with Crippen molar-refractivity contribution >= 4 is 27.8 Å². The molecular weight excluding hydrogens is 422 g/mol. The van der Waals surface area contributed by atoms with Crippen LogP contribution >= 0.6 is 0 Å². The number of carboxylic acid groups (broad SMARTS) is 1. The number of aliphatic carboxylic acids is 1. The summed E-state index contributed by atoms with van der Waals surface area (Å²) in [7, 11) is 1.62. The lowest BCUT2D eigenvalue weighted by molar-refractivity contribution is -0.137. The molecule has 0 unspecified atom stereocenters. The van der Waals surface area contributed by atoms with Crippen LogP contribution in [0.3, 0.4) is 0 Å². The van der Waals surface area contributed by atoms with Crippen molar-refractivity contribution < 1.29 is 19.4 Å². The van der Waals surface area contributed by atoms with Gasteiger partial charge in [0.15, 0.2) is 0 Å². The molecule has 4 aromatic rings. The number of methoxy groups -OCH3 is 1. The van der Waals surface area contributed by atoms with Crippen LogP contribution in [0.2, 0.25) is 0 Å². The van der Waals surface area contributed by atoms with Crippen molar-refractivity contribution in [3.63, 3.8) is 0 Å². The molecular formula is C25H27N3O5. The van der Waals surface area contributed by atoms with E-state index in [9.17, 15) is 9.59 Å². The molecule has 0 aliphatic heterocycles. The molecule has 33 heavy (non-hydrogen) atoms. The highest BCUT2D eigenvalue weighted by Gasteiger charge is 2.11. The first-order valence-corrected chi connectivity index (χ1v) is 10.8. The Morgan fingerprint density at radius 2 is 1.73 bits per heavy atom. The third-order valence-electron chi connectivity index (χ3n) is 5.57. The maximum absolute atomic E-state index is 12.6. The Bertz CT molecular complexity index is 1310. The second-order valence-electron chi connectivity index (χ2n) is 7.86. The summed E-state index contributed by atoms with van der Waals surface area (Å²) >= 11 is 0. The van der Waals surface area contributed by atoms with E-state index in [0.29, 0.717) is 44.2 Å². The van der Waals surface area contributed by atoms with Gasteiger partial charge in [-0.15, -0.1) is 0 Å². The third-order valence-corrected chi connectivity index (χ3v) is 5.57. The molecule has 0 amide bonds. The highest BCUT2D eigenvalue weighted by Crippen LogP contribution is 2.26. The van der Waals surface area contributed by atoms with E-state index in [0.717, 1.165) is 27.5 Å². The van der Waals surface area contributed by atoms with Crippen LogP contribution in [0.25, 0.3) is 33.1 Å². The Kier molecular flexibility index (Phi) is 7.07. The predicted octanol–water partition coefficient (Wildman–Crippen LogP) is 3.48. The number of hydrogen-bond acceptors (Lipinski definition) is 5. The van der Waals surface area contributed by atoms with Crippen LogP contribution in [0.4, 0.5) is 0 Å². The molecule has 0 fully saturated rings. The van der Waals surface area contributed by atoms with E-state index < -0.39 is 5.97 Å². The number of carboxylic acids is 1. The highest BCUT2D eigenvalue weighted by molar-refractivity contribution is 5.89. The summed E-state index contributed by atoms with van der Waals surface area (Å²) in [5.41, 5.74) is 2.90. The molecule has 0 saturated heterocycles. The fourth-order valence-corrected chi connectivity index (χ4v) is 3.80. The monoisotopic (exact) mass is 449 g/mol. The van der Waals surface area contributed by atoms with Gasteiger partial charge in [0.05, 0.1) is 24.3 Å². The summed E-state index contributed by atoms with van der Waals surface area (Å²) in [6.45, 7) is 2.65. The quantitative estimate of drug-likeness (QED) is 0.324. The topological polar surface area (TPSA) is 108 Å². The zero-order valence-corrected chi connectivity index (χ0v) is 18.5. The van der Waals surface area contributed by atoms with Crippen molar-refractivity contribution in [2.24, 2.45) is 0 Å². The Morgan fingerprint density at radius 3 is 2.55 bits per heavy atom. The molecule has 0 atom stereocenters. The van der Waals surface area contributed by atoms with Gasteiger partial charge in [0, 0.05) is 43.2 Å². The molecule has 4 rings (SSSR count). The van der Waals surface area contributed by atoms with E-state index in [1.165, 1.54) is 0 Å². The van der Waals surface area contributed by atoms with Crippen molar-refractivity contribution in [3.05, 3.63) is 65.0 Å². The zero-order valence-electron chi connectivity index (χ0n) is 18.5. The Morgan fingerprint density at radius 1 is 0.939 bits per heavy atom. The van der Waals surface area contributed by atoms with Crippen LogP contribution in [0.1, 0.15) is 6.42 Å². The van der Waals surface area contributed by atoms with Gasteiger partial charge in [-0.3, -0.25) is 14.5 Å². The number of aromatic amines is 2. The number of para-hydroxylation sites is 1. The van der Waals surface area contributed by atoms with Gasteiger partial charge in [0.2, 0.25) is 0 Å². The van der Waals surface area contributed by atoms with Crippen molar-refractivity contribution in [1.29, 1.82) is 0 Å². The molecule has 2 heterocycles. The van der Waals surface area contributed by atoms with Gasteiger partial charge in [0.1, 0.15) is 12.4 Å². The Hall–Kier alpha value is -3.62. The van der Waals surface area contributed by atoms with Gasteiger partial charge in [-0.05, 0) is 41.8 Å². The Labute approximate surface area is 190 Å². The fourth-order valence-electron chi connectivity index (χ4n) is 3.80. The minimum absolute atomic E-state index is 0.0791. The lowest BCUT2D eigenvalue weighted by atomic mass is 10.1. The second-order valence-corrected chi connectivity index (χ2v) is 7.86. The number of aromatic nitrogens is 2. The van der Waals surface area contributed by atoms with Crippen LogP contribution in [-0.2, 0) is 9.53 Å². The average molecular weight is 450 g/mol. The molecule has 0 saturated carbocycles.